The van der Waals surface area contributed by atoms with E-state index in [1.54, 1.807) is 26.2 Å². The van der Waals surface area contributed by atoms with Gasteiger partial charge in [0.25, 0.3) is 5.91 Å². The Morgan fingerprint density at radius 1 is 1.23 bits per heavy atom. The number of nitriles is 1. The summed E-state index contributed by atoms with van der Waals surface area (Å²) in [5.41, 5.74) is 2.44. The molecule has 0 spiro atoms. The van der Waals surface area contributed by atoms with Crippen LogP contribution in [0.15, 0.2) is 24.3 Å². The SMILES string of the molecule is CN(C)C(=O)c1nc2c(s1)CCN(C(=O)Cc1ccc(C#N)cc1)CC2. The van der Waals surface area contributed by atoms with E-state index in [1.165, 1.54) is 16.2 Å². The van der Waals surface area contributed by atoms with Gasteiger partial charge in [0, 0.05) is 44.9 Å². The number of nitrogens with zero attached hydrogens (tertiary/aromatic N) is 4. The molecule has 1 aromatic heterocycles. The minimum atomic E-state index is -0.0724. The molecule has 2 amide bonds. The van der Waals surface area contributed by atoms with E-state index in [2.05, 4.69) is 11.1 Å². The molecule has 3 rings (SSSR count). The molecule has 0 saturated heterocycles. The van der Waals surface area contributed by atoms with Gasteiger partial charge in [-0.2, -0.15) is 5.26 Å². The molecule has 7 heteroatoms. The first-order valence-electron chi connectivity index (χ1n) is 8.45. The summed E-state index contributed by atoms with van der Waals surface area (Å²) < 4.78 is 0. The van der Waals surface area contributed by atoms with Crippen molar-refractivity contribution in [1.82, 2.24) is 14.8 Å². The Morgan fingerprint density at radius 2 is 1.92 bits per heavy atom. The number of aromatic nitrogens is 1. The number of carbonyl (C=O) groups is 2. The monoisotopic (exact) mass is 368 g/mol. The molecule has 134 valence electrons. The number of thiazole rings is 1. The van der Waals surface area contributed by atoms with Crippen LogP contribution in [-0.2, 0) is 24.1 Å². The van der Waals surface area contributed by atoms with E-state index in [9.17, 15) is 9.59 Å². The van der Waals surface area contributed by atoms with Gasteiger partial charge < -0.3 is 9.80 Å². The molecule has 1 aromatic carbocycles. The Kier molecular flexibility index (Phi) is 5.33. The zero-order valence-corrected chi connectivity index (χ0v) is 15.7. The van der Waals surface area contributed by atoms with Crippen LogP contribution < -0.4 is 0 Å². The Labute approximate surface area is 156 Å². The standard InChI is InChI=1S/C19H20N4O2S/c1-22(2)19(25)18-21-15-7-9-23(10-8-16(15)26-18)17(24)11-13-3-5-14(12-20)6-4-13/h3-6H,7-11H2,1-2H3. The number of amides is 2. The van der Waals surface area contributed by atoms with Crippen LogP contribution in [-0.4, -0.2) is 53.8 Å². The first-order chi connectivity index (χ1) is 12.5. The van der Waals surface area contributed by atoms with Gasteiger partial charge in [-0.1, -0.05) is 12.1 Å². The summed E-state index contributed by atoms with van der Waals surface area (Å²) in [6.07, 6.45) is 1.73. The van der Waals surface area contributed by atoms with Gasteiger partial charge in [0.05, 0.1) is 23.7 Å². The molecule has 1 aliphatic heterocycles. The molecule has 0 fully saturated rings. The maximum atomic E-state index is 12.6. The highest BCUT2D eigenvalue weighted by Gasteiger charge is 2.23. The maximum absolute atomic E-state index is 12.6. The van der Waals surface area contributed by atoms with E-state index in [-0.39, 0.29) is 11.8 Å². The molecule has 6 nitrogen and oxygen atoms in total. The van der Waals surface area contributed by atoms with Crippen molar-refractivity contribution in [3.05, 3.63) is 51.0 Å². The average Bonchev–Trinajstić information content (AvgIpc) is 2.94. The summed E-state index contributed by atoms with van der Waals surface area (Å²) >= 11 is 1.44. The van der Waals surface area contributed by atoms with Crippen molar-refractivity contribution in [2.75, 3.05) is 27.2 Å². The molecule has 0 saturated carbocycles. The van der Waals surface area contributed by atoms with E-state index < -0.39 is 0 Å². The van der Waals surface area contributed by atoms with Crippen LogP contribution >= 0.6 is 11.3 Å². The van der Waals surface area contributed by atoms with Crippen LogP contribution in [0.5, 0.6) is 0 Å². The third-order valence-electron chi connectivity index (χ3n) is 4.39. The van der Waals surface area contributed by atoms with Gasteiger partial charge in [0.2, 0.25) is 5.91 Å². The van der Waals surface area contributed by atoms with E-state index in [1.807, 2.05) is 17.0 Å². The van der Waals surface area contributed by atoms with Gasteiger partial charge in [-0.15, -0.1) is 11.3 Å². The van der Waals surface area contributed by atoms with Gasteiger partial charge in [-0.25, -0.2) is 4.98 Å². The highest BCUT2D eigenvalue weighted by molar-refractivity contribution is 7.13. The van der Waals surface area contributed by atoms with Crippen molar-refractivity contribution in [3.63, 3.8) is 0 Å². The number of carbonyl (C=O) groups excluding carboxylic acids is 2. The van der Waals surface area contributed by atoms with E-state index >= 15 is 0 Å². The number of fused-ring (bicyclic) bond motifs is 1. The molecule has 1 aliphatic rings. The third-order valence-corrected chi connectivity index (χ3v) is 5.53. The summed E-state index contributed by atoms with van der Waals surface area (Å²) in [6, 6.07) is 9.19. The summed E-state index contributed by atoms with van der Waals surface area (Å²) in [5.74, 6) is 0.00581. The first-order valence-corrected chi connectivity index (χ1v) is 9.26. The lowest BCUT2D eigenvalue weighted by Gasteiger charge is -2.20. The number of rotatable bonds is 3. The third kappa shape index (κ3) is 3.92. The minimum Gasteiger partial charge on any atom is -0.343 e. The molecule has 0 aliphatic carbocycles. The zero-order valence-electron chi connectivity index (χ0n) is 14.9. The summed E-state index contributed by atoms with van der Waals surface area (Å²) in [5, 5.41) is 9.37. The van der Waals surface area contributed by atoms with E-state index in [0.29, 0.717) is 36.5 Å². The summed E-state index contributed by atoms with van der Waals surface area (Å²) in [7, 11) is 3.44. The molecular weight excluding hydrogens is 348 g/mol. The van der Waals surface area contributed by atoms with Crippen molar-refractivity contribution in [1.29, 1.82) is 5.26 Å². The Balaban J connectivity index is 1.63. The molecular formula is C19H20N4O2S. The quantitative estimate of drug-likeness (QED) is 0.829. The minimum absolute atomic E-state index is 0.0724. The molecule has 0 radical (unpaired) electrons. The highest BCUT2D eigenvalue weighted by atomic mass is 32.1. The Morgan fingerprint density at radius 3 is 2.58 bits per heavy atom. The lowest BCUT2D eigenvalue weighted by Crippen LogP contribution is -2.34. The summed E-state index contributed by atoms with van der Waals surface area (Å²) in [4.78, 5) is 33.6. The fraction of sp³-hybridized carbons (Fsp3) is 0.368. The van der Waals surface area contributed by atoms with Gasteiger partial charge in [-0.3, -0.25) is 9.59 Å². The van der Waals surface area contributed by atoms with Gasteiger partial charge in [0.1, 0.15) is 0 Å². The molecule has 0 atom stereocenters. The second-order valence-corrected chi connectivity index (χ2v) is 7.54. The highest BCUT2D eigenvalue weighted by Crippen LogP contribution is 2.24. The lowest BCUT2D eigenvalue weighted by molar-refractivity contribution is -0.130. The smallest absolute Gasteiger partial charge is 0.282 e. The maximum Gasteiger partial charge on any atom is 0.282 e. The lowest BCUT2D eigenvalue weighted by atomic mass is 10.1. The van der Waals surface area contributed by atoms with Crippen LogP contribution in [0.1, 0.15) is 31.5 Å². The topological polar surface area (TPSA) is 77.3 Å². The van der Waals surface area contributed by atoms with Crippen molar-refractivity contribution in [2.45, 2.75) is 19.3 Å². The second kappa shape index (κ2) is 7.67. The number of hydrogen-bond acceptors (Lipinski definition) is 5. The van der Waals surface area contributed by atoms with Crippen LogP contribution in [0.3, 0.4) is 0 Å². The predicted molar refractivity (Wildman–Crippen MR) is 99.0 cm³/mol. The van der Waals surface area contributed by atoms with Gasteiger partial charge >= 0.3 is 0 Å². The molecule has 0 N–H and O–H groups in total. The van der Waals surface area contributed by atoms with Crippen molar-refractivity contribution < 1.29 is 9.59 Å². The predicted octanol–water partition coefficient (Wildman–Crippen LogP) is 1.89. The van der Waals surface area contributed by atoms with E-state index in [0.717, 1.165) is 22.6 Å². The van der Waals surface area contributed by atoms with Crippen LogP contribution in [0.25, 0.3) is 0 Å². The van der Waals surface area contributed by atoms with Crippen molar-refractivity contribution in [3.8, 4) is 6.07 Å². The Bertz CT molecular complexity index is 839. The fourth-order valence-corrected chi connectivity index (χ4v) is 4.00. The average molecular weight is 368 g/mol. The first kappa shape index (κ1) is 18.1. The van der Waals surface area contributed by atoms with Crippen LogP contribution in [0, 0.1) is 11.3 Å². The second-order valence-electron chi connectivity index (χ2n) is 6.45. The number of hydrogen-bond donors (Lipinski definition) is 0. The van der Waals surface area contributed by atoms with Gasteiger partial charge in [-0.05, 0) is 17.7 Å². The van der Waals surface area contributed by atoms with Crippen LogP contribution in [0.2, 0.25) is 0 Å². The zero-order chi connectivity index (χ0) is 18.7. The largest absolute Gasteiger partial charge is 0.343 e. The number of benzene rings is 1. The molecule has 0 unspecified atom stereocenters. The van der Waals surface area contributed by atoms with Crippen LogP contribution in [0.4, 0.5) is 0 Å². The fourth-order valence-electron chi connectivity index (χ4n) is 2.88. The Hall–Kier alpha value is -2.72. The van der Waals surface area contributed by atoms with E-state index in [4.69, 9.17) is 5.26 Å². The summed E-state index contributed by atoms with van der Waals surface area (Å²) in [6.45, 7) is 1.25. The normalized spacial score (nSPS) is 13.5. The van der Waals surface area contributed by atoms with Crippen molar-refractivity contribution >= 4 is 23.2 Å². The molecule has 2 aromatic rings. The molecule has 0 bridgehead atoms. The van der Waals surface area contributed by atoms with Crippen molar-refractivity contribution in [2.24, 2.45) is 0 Å². The van der Waals surface area contributed by atoms with Gasteiger partial charge in [0.15, 0.2) is 5.01 Å². The molecule has 2 heterocycles. The molecule has 26 heavy (non-hydrogen) atoms.